The van der Waals surface area contributed by atoms with Crippen LogP contribution in [0, 0.1) is 0 Å². The zero-order valence-corrected chi connectivity index (χ0v) is 22.3. The zero-order chi connectivity index (χ0) is 26.6. The molecule has 0 bridgehead atoms. The summed E-state index contributed by atoms with van der Waals surface area (Å²) in [6, 6.07) is 11.6. The van der Waals surface area contributed by atoms with Gasteiger partial charge in [-0.3, -0.25) is 4.79 Å². The molecule has 1 fully saturated rings. The molecule has 2 aromatic carbocycles. The highest BCUT2D eigenvalue weighted by molar-refractivity contribution is 6.33. The topological polar surface area (TPSA) is 97.3 Å². The average Bonchev–Trinajstić information content (AvgIpc) is 3.27. The number of hydrogen-bond acceptors (Lipinski definition) is 8. The predicted octanol–water partition coefficient (Wildman–Crippen LogP) is 3.95. The number of fused-ring (bicyclic) bond motifs is 1. The van der Waals surface area contributed by atoms with Crippen LogP contribution < -0.4 is 14.4 Å². The number of hydrogen-bond donors (Lipinski definition) is 1. The number of aliphatic hydroxyl groups excluding tert-OH is 1. The summed E-state index contributed by atoms with van der Waals surface area (Å²) in [6.07, 6.45) is 3.30. The van der Waals surface area contributed by atoms with Crippen molar-refractivity contribution in [2.24, 2.45) is 0 Å². The summed E-state index contributed by atoms with van der Waals surface area (Å²) in [5, 5.41) is 9.70. The maximum absolute atomic E-state index is 12.9. The number of nitrogens with zero attached hydrogens (tertiary/aromatic N) is 4. The van der Waals surface area contributed by atoms with Gasteiger partial charge < -0.3 is 29.1 Å². The van der Waals surface area contributed by atoms with Crippen LogP contribution >= 0.6 is 11.6 Å². The Morgan fingerprint density at radius 3 is 2.71 bits per heavy atom. The standard InChI is InChI=1S/C28H31ClN4O5/c1-36-22-6-5-20(25(14-22)37-2)17-33(21-7-11-38-12-8-21)28-30-15-24(29)26(31-28)18-3-4-19-16-32(9-10-34)27(35)23(19)13-18/h3-6,13-15,21,34H,7-12,16-17H2,1-2H3. The lowest BCUT2D eigenvalue weighted by atomic mass is 10.0. The highest BCUT2D eigenvalue weighted by Crippen LogP contribution is 2.34. The number of carbonyl (C=O) groups is 1. The number of amides is 1. The lowest BCUT2D eigenvalue weighted by Gasteiger charge is -2.35. The van der Waals surface area contributed by atoms with Crippen molar-refractivity contribution in [2.45, 2.75) is 32.0 Å². The quantitative estimate of drug-likeness (QED) is 0.437. The van der Waals surface area contributed by atoms with E-state index in [1.807, 2.05) is 36.4 Å². The number of methoxy groups -OCH3 is 2. The van der Waals surface area contributed by atoms with Crippen LogP contribution in [0.2, 0.25) is 5.02 Å². The first kappa shape index (κ1) is 26.2. The molecule has 5 rings (SSSR count). The van der Waals surface area contributed by atoms with E-state index < -0.39 is 0 Å². The summed E-state index contributed by atoms with van der Waals surface area (Å²) in [4.78, 5) is 26.2. The van der Waals surface area contributed by atoms with E-state index in [2.05, 4.69) is 9.88 Å². The van der Waals surface area contributed by atoms with Crippen LogP contribution in [-0.2, 0) is 17.8 Å². The minimum absolute atomic E-state index is 0.0747. The molecule has 1 saturated heterocycles. The molecule has 0 spiro atoms. The average molecular weight is 539 g/mol. The highest BCUT2D eigenvalue weighted by Gasteiger charge is 2.29. The van der Waals surface area contributed by atoms with E-state index in [4.69, 9.17) is 30.8 Å². The summed E-state index contributed by atoms with van der Waals surface area (Å²) < 4.78 is 16.6. The number of halogens is 1. The fourth-order valence-electron chi connectivity index (χ4n) is 5.03. The number of ether oxygens (including phenoxy) is 3. The number of benzene rings is 2. The zero-order valence-electron chi connectivity index (χ0n) is 21.5. The van der Waals surface area contributed by atoms with E-state index in [1.165, 1.54) is 0 Å². The minimum Gasteiger partial charge on any atom is -0.497 e. The second-order valence-corrected chi connectivity index (χ2v) is 9.75. The second kappa shape index (κ2) is 11.6. The Kier molecular flexibility index (Phi) is 7.97. The molecule has 1 amide bonds. The maximum atomic E-state index is 12.9. The van der Waals surface area contributed by atoms with Gasteiger partial charge in [0.15, 0.2) is 0 Å². The van der Waals surface area contributed by atoms with E-state index in [-0.39, 0.29) is 18.6 Å². The molecule has 0 aliphatic carbocycles. The van der Waals surface area contributed by atoms with Gasteiger partial charge in [0, 0.05) is 61.6 Å². The fourth-order valence-corrected chi connectivity index (χ4v) is 5.23. The molecule has 200 valence electrons. The Balaban J connectivity index is 1.51. The minimum atomic E-state index is -0.100. The largest absolute Gasteiger partial charge is 0.497 e. The molecule has 3 heterocycles. The lowest BCUT2D eigenvalue weighted by molar-refractivity contribution is 0.0745. The van der Waals surface area contributed by atoms with Gasteiger partial charge in [-0.2, -0.15) is 0 Å². The molecule has 9 nitrogen and oxygen atoms in total. The monoisotopic (exact) mass is 538 g/mol. The van der Waals surface area contributed by atoms with Gasteiger partial charge in [0.25, 0.3) is 5.91 Å². The molecule has 0 radical (unpaired) electrons. The van der Waals surface area contributed by atoms with E-state index in [9.17, 15) is 9.90 Å². The van der Waals surface area contributed by atoms with Crippen molar-refractivity contribution in [3.63, 3.8) is 0 Å². The molecular weight excluding hydrogens is 508 g/mol. The number of aliphatic hydroxyl groups is 1. The van der Waals surface area contributed by atoms with E-state index in [0.29, 0.717) is 55.1 Å². The molecule has 0 unspecified atom stereocenters. The third-order valence-corrected chi connectivity index (χ3v) is 7.36. The maximum Gasteiger partial charge on any atom is 0.254 e. The van der Waals surface area contributed by atoms with Gasteiger partial charge in [0.1, 0.15) is 11.5 Å². The predicted molar refractivity (Wildman–Crippen MR) is 144 cm³/mol. The number of anilines is 1. The molecule has 0 saturated carbocycles. The molecule has 2 aliphatic rings. The molecule has 38 heavy (non-hydrogen) atoms. The molecule has 10 heteroatoms. The van der Waals surface area contributed by atoms with Crippen LogP contribution in [0.15, 0.2) is 42.6 Å². The summed E-state index contributed by atoms with van der Waals surface area (Å²) in [5.74, 6) is 1.89. The van der Waals surface area contributed by atoms with E-state index in [0.717, 1.165) is 41.0 Å². The first-order chi connectivity index (χ1) is 18.5. The Hall–Kier alpha value is -3.40. The van der Waals surface area contributed by atoms with Crippen LogP contribution in [0.3, 0.4) is 0 Å². The summed E-state index contributed by atoms with van der Waals surface area (Å²) in [7, 11) is 3.27. The second-order valence-electron chi connectivity index (χ2n) is 9.34. The van der Waals surface area contributed by atoms with E-state index >= 15 is 0 Å². The molecule has 2 aliphatic heterocycles. The number of β-amino-alcohol motifs (C(OH)–C–C–N with tert-alkyl or cyclic N) is 1. The SMILES string of the molecule is COc1ccc(CN(c2ncc(Cl)c(-c3ccc4c(c3)C(=O)N(CCO)C4)n2)C2CCOCC2)c(OC)c1. The molecule has 0 atom stereocenters. The van der Waals surface area contributed by atoms with Crippen LogP contribution in [0.1, 0.15) is 34.3 Å². The Bertz CT molecular complexity index is 1310. The van der Waals surface area contributed by atoms with Crippen molar-refractivity contribution in [1.29, 1.82) is 0 Å². The molecule has 1 N–H and O–H groups in total. The first-order valence-corrected chi connectivity index (χ1v) is 13.0. The number of carbonyl (C=O) groups excluding carboxylic acids is 1. The smallest absolute Gasteiger partial charge is 0.254 e. The van der Waals surface area contributed by atoms with Crippen LogP contribution in [0.4, 0.5) is 5.95 Å². The van der Waals surface area contributed by atoms with Crippen molar-refractivity contribution in [3.05, 3.63) is 64.3 Å². The van der Waals surface area contributed by atoms with Gasteiger partial charge in [-0.25, -0.2) is 9.97 Å². The van der Waals surface area contributed by atoms with E-state index in [1.54, 1.807) is 25.3 Å². The van der Waals surface area contributed by atoms with Crippen LogP contribution in [0.5, 0.6) is 11.5 Å². The number of rotatable bonds is 9. The van der Waals surface area contributed by atoms with Gasteiger partial charge in [-0.15, -0.1) is 0 Å². The van der Waals surface area contributed by atoms with Crippen LogP contribution in [-0.4, -0.2) is 72.5 Å². The first-order valence-electron chi connectivity index (χ1n) is 12.6. The van der Waals surface area contributed by atoms with Gasteiger partial charge >= 0.3 is 0 Å². The van der Waals surface area contributed by atoms with Crippen molar-refractivity contribution in [1.82, 2.24) is 14.9 Å². The van der Waals surface area contributed by atoms with Crippen molar-refractivity contribution >= 4 is 23.5 Å². The molecular formula is C28H31ClN4O5. The van der Waals surface area contributed by atoms with Crippen molar-refractivity contribution in [2.75, 3.05) is 45.5 Å². The summed E-state index contributed by atoms with van der Waals surface area (Å²) >= 11 is 6.60. The Morgan fingerprint density at radius 1 is 1.16 bits per heavy atom. The fraction of sp³-hybridized carbons (Fsp3) is 0.393. The highest BCUT2D eigenvalue weighted by atomic mass is 35.5. The van der Waals surface area contributed by atoms with Crippen molar-refractivity contribution < 1.29 is 24.1 Å². The third-order valence-electron chi connectivity index (χ3n) is 7.09. The molecule has 1 aromatic heterocycles. The molecule has 3 aromatic rings. The van der Waals surface area contributed by atoms with Crippen LogP contribution in [0.25, 0.3) is 11.3 Å². The van der Waals surface area contributed by atoms with Gasteiger partial charge in [0.05, 0.1) is 37.7 Å². The number of aromatic nitrogens is 2. The van der Waals surface area contributed by atoms with Gasteiger partial charge in [-0.1, -0.05) is 23.7 Å². The van der Waals surface area contributed by atoms with Gasteiger partial charge in [0.2, 0.25) is 5.95 Å². The van der Waals surface area contributed by atoms with Gasteiger partial charge in [-0.05, 0) is 36.6 Å². The Morgan fingerprint density at radius 2 is 1.97 bits per heavy atom. The third kappa shape index (κ3) is 5.27. The normalized spacial score (nSPS) is 15.5. The summed E-state index contributed by atoms with van der Waals surface area (Å²) in [6.45, 7) is 2.57. The summed E-state index contributed by atoms with van der Waals surface area (Å²) in [5.41, 5.74) is 3.81. The Labute approximate surface area is 226 Å². The van der Waals surface area contributed by atoms with Crippen molar-refractivity contribution in [3.8, 4) is 22.8 Å². The lowest BCUT2D eigenvalue weighted by Crippen LogP contribution is -2.40.